The van der Waals surface area contributed by atoms with E-state index in [1.807, 2.05) is 13.0 Å². The maximum absolute atomic E-state index is 10.1. The SMILES string of the molecule is C/C(=C/[CH2][Ge][CH]=O)O[Si](C)(C)C.C[Si](C)C.C[Si](C)C. The Labute approximate surface area is 138 Å². The van der Waals surface area contributed by atoms with E-state index in [1.54, 1.807) is 0 Å². The van der Waals surface area contributed by atoms with E-state index in [0.717, 1.165) is 16.1 Å². The van der Waals surface area contributed by atoms with Crippen LogP contribution in [0.4, 0.5) is 0 Å². The fourth-order valence-corrected chi connectivity index (χ4v) is 2.88. The summed E-state index contributed by atoms with van der Waals surface area (Å²) in [7, 11) is -1.18. The second-order valence-electron chi connectivity index (χ2n) is 6.56. The second-order valence-corrected chi connectivity index (χ2v) is 19.2. The van der Waals surface area contributed by atoms with Crippen molar-refractivity contribution in [2.24, 2.45) is 0 Å². The van der Waals surface area contributed by atoms with Crippen LogP contribution in [0.15, 0.2) is 11.8 Å². The summed E-state index contributed by atoms with van der Waals surface area (Å²) in [6.07, 6.45) is 2.03. The normalized spacial score (nSPS) is 11.3. The van der Waals surface area contributed by atoms with Gasteiger partial charge in [0.25, 0.3) is 0 Å². The molecule has 0 unspecified atom stereocenters. The molecule has 0 bridgehead atoms. The van der Waals surface area contributed by atoms with Gasteiger partial charge in [-0.3, -0.25) is 0 Å². The number of carbonyl (C=O) groups is 1. The standard InChI is InChI=1S/C8H16GeO2Si.2C3H9Si/c1-8(5-6-9-7-10)11-12(2,3)4;2*1-4(2)3/h5,7H,6H2,1-4H3;2*1-3H3/b8-5-;;. The minimum absolute atomic E-state index is 0.120. The van der Waals surface area contributed by atoms with Gasteiger partial charge in [-0.15, -0.1) is 0 Å². The van der Waals surface area contributed by atoms with Gasteiger partial charge < -0.3 is 0 Å². The van der Waals surface area contributed by atoms with Crippen LogP contribution in [0.2, 0.25) is 64.2 Å². The van der Waals surface area contributed by atoms with Crippen LogP contribution in [0.1, 0.15) is 6.92 Å². The van der Waals surface area contributed by atoms with Crippen molar-refractivity contribution in [1.29, 1.82) is 0 Å². The van der Waals surface area contributed by atoms with E-state index in [4.69, 9.17) is 4.43 Å². The number of carbonyl (C=O) groups excluding carboxylic acids is 1. The van der Waals surface area contributed by atoms with Gasteiger partial charge in [-0.1, -0.05) is 39.3 Å². The molecule has 0 aliphatic carbocycles. The quantitative estimate of drug-likeness (QED) is 0.291. The first-order valence-electron chi connectivity index (χ1n) is 6.98. The van der Waals surface area contributed by atoms with Crippen LogP contribution in [-0.4, -0.2) is 46.5 Å². The van der Waals surface area contributed by atoms with Gasteiger partial charge in [-0.2, -0.15) is 0 Å². The summed E-state index contributed by atoms with van der Waals surface area (Å²) >= 11 is -0.387. The summed E-state index contributed by atoms with van der Waals surface area (Å²) in [5.74, 6) is 0.986. The van der Waals surface area contributed by atoms with Crippen molar-refractivity contribution >= 4 is 46.5 Å². The zero-order chi connectivity index (χ0) is 16.8. The molecule has 118 valence electrons. The van der Waals surface area contributed by atoms with Crippen molar-refractivity contribution in [2.45, 2.75) is 71.1 Å². The molecule has 4 radical (unpaired) electrons. The van der Waals surface area contributed by atoms with E-state index < -0.39 is 8.32 Å². The summed E-state index contributed by atoms with van der Waals surface area (Å²) < 4.78 is 5.69. The average molecular weight is 391 g/mol. The molecule has 2 nitrogen and oxygen atoms in total. The van der Waals surface area contributed by atoms with Gasteiger partial charge in [-0.25, -0.2) is 0 Å². The average Bonchev–Trinajstić information content (AvgIpc) is 2.12. The Hall–Kier alpha value is 0.404. The van der Waals surface area contributed by atoms with Crippen molar-refractivity contribution in [3.8, 4) is 0 Å². The molecule has 0 aliphatic rings. The molecular formula is C14H34GeO2Si3. The van der Waals surface area contributed by atoms with Crippen molar-refractivity contribution in [2.75, 3.05) is 0 Å². The Morgan fingerprint density at radius 3 is 1.65 bits per heavy atom. The summed E-state index contributed by atoms with van der Waals surface area (Å²) in [4.78, 5) is 10.1. The number of hydrogen-bond donors (Lipinski definition) is 0. The van der Waals surface area contributed by atoms with Gasteiger partial charge in [0.15, 0.2) is 0 Å². The molecule has 0 N–H and O–H groups in total. The Morgan fingerprint density at radius 1 is 1.05 bits per heavy atom. The first-order chi connectivity index (χ1) is 8.92. The van der Waals surface area contributed by atoms with E-state index in [-0.39, 0.29) is 33.0 Å². The van der Waals surface area contributed by atoms with E-state index >= 15 is 0 Å². The van der Waals surface area contributed by atoms with E-state index in [1.165, 1.54) is 0 Å². The topological polar surface area (TPSA) is 26.3 Å². The summed E-state index contributed by atoms with van der Waals surface area (Å²) in [6, 6.07) is 0. The molecule has 0 atom stereocenters. The number of allylic oxidation sites excluding steroid dienone is 2. The van der Waals surface area contributed by atoms with Gasteiger partial charge in [0.2, 0.25) is 0 Å². The molecule has 0 rings (SSSR count). The van der Waals surface area contributed by atoms with Crippen molar-refractivity contribution < 1.29 is 9.22 Å². The zero-order valence-corrected chi connectivity index (χ0v) is 20.3. The molecule has 0 fully saturated rings. The van der Waals surface area contributed by atoms with Crippen molar-refractivity contribution in [3.05, 3.63) is 11.8 Å². The molecule has 0 aliphatic heterocycles. The molecule has 6 heteroatoms. The van der Waals surface area contributed by atoms with Gasteiger partial charge >= 0.3 is 81.7 Å². The molecule has 0 amide bonds. The number of hydrogen-bond acceptors (Lipinski definition) is 2. The summed E-state index contributed by atoms with van der Waals surface area (Å²) in [5, 5.41) is 1.97. The predicted molar refractivity (Wildman–Crippen MR) is 102 cm³/mol. The van der Waals surface area contributed by atoms with Crippen LogP contribution in [0.5, 0.6) is 0 Å². The van der Waals surface area contributed by atoms with Gasteiger partial charge in [0.05, 0.1) is 0 Å². The fourth-order valence-electron chi connectivity index (χ4n) is 0.775. The second kappa shape index (κ2) is 15.8. The first-order valence-corrected chi connectivity index (χ1v) is 19.1. The molecular weight excluding hydrogens is 357 g/mol. The molecule has 20 heavy (non-hydrogen) atoms. The molecule has 0 aromatic carbocycles. The molecule has 0 saturated heterocycles. The Kier molecular flexibility index (Phi) is 20.0. The largest absolute Gasteiger partial charge is 0.0715 e. The third kappa shape index (κ3) is 51.5. The van der Waals surface area contributed by atoms with Crippen LogP contribution < -0.4 is 0 Å². The minimum Gasteiger partial charge on any atom is -0.0715 e. The van der Waals surface area contributed by atoms with Crippen molar-refractivity contribution in [1.82, 2.24) is 0 Å². The Morgan fingerprint density at radius 2 is 1.40 bits per heavy atom. The van der Waals surface area contributed by atoms with Crippen LogP contribution in [0.3, 0.4) is 0 Å². The van der Waals surface area contributed by atoms with Gasteiger partial charge in [0, 0.05) is 17.6 Å². The summed E-state index contributed by atoms with van der Waals surface area (Å²) in [5.41, 5.74) is 0. The molecule has 0 saturated carbocycles. The van der Waals surface area contributed by atoms with Crippen LogP contribution in [0, 0.1) is 0 Å². The summed E-state index contributed by atoms with van der Waals surface area (Å²) in [6.45, 7) is 22.0. The third-order valence-electron chi connectivity index (χ3n) is 1.06. The Balaban J connectivity index is -0.000000297. The van der Waals surface area contributed by atoms with Crippen LogP contribution in [-0.2, 0) is 9.22 Å². The molecule has 0 aromatic rings. The molecule has 0 spiro atoms. The van der Waals surface area contributed by atoms with Gasteiger partial charge in [-0.05, 0) is 0 Å². The van der Waals surface area contributed by atoms with Crippen LogP contribution in [0.25, 0.3) is 0 Å². The van der Waals surface area contributed by atoms with E-state index in [9.17, 15) is 4.79 Å². The van der Waals surface area contributed by atoms with E-state index in [0.29, 0.717) is 0 Å². The number of rotatable bonds is 5. The minimum atomic E-state index is -1.42. The smallest absolute Gasteiger partial charge is 0.0379 e. The molecule has 0 aromatic heterocycles. The van der Waals surface area contributed by atoms with Crippen molar-refractivity contribution in [3.63, 3.8) is 0 Å². The van der Waals surface area contributed by atoms with Gasteiger partial charge in [0.1, 0.15) is 0 Å². The molecule has 0 heterocycles. The third-order valence-corrected chi connectivity index (χ3v) is 3.26. The van der Waals surface area contributed by atoms with Crippen LogP contribution >= 0.6 is 0 Å². The predicted octanol–water partition coefficient (Wildman–Crippen LogP) is 4.80. The first kappa shape index (κ1) is 25.4. The Bertz CT molecular complexity index is 238. The fraction of sp³-hybridized carbons (Fsp3) is 0.786. The maximum Gasteiger partial charge on any atom is 0.0379 e. The van der Waals surface area contributed by atoms with E-state index in [2.05, 4.69) is 58.9 Å². The maximum atomic E-state index is 10.1. The monoisotopic (exact) mass is 392 g/mol. The zero-order valence-electron chi connectivity index (χ0n) is 15.2.